The van der Waals surface area contributed by atoms with E-state index in [1.54, 1.807) is 0 Å². The Labute approximate surface area is 328 Å². The van der Waals surface area contributed by atoms with Gasteiger partial charge in [-0.05, 0) is 59.8 Å². The molecule has 8 nitrogen and oxygen atoms in total. The minimum absolute atomic E-state index is 0.140. The van der Waals surface area contributed by atoms with Gasteiger partial charge < -0.3 is 9.55 Å². The molecular formula is C48H50N8. The number of benzene rings is 4. The molecule has 0 fully saturated rings. The second-order valence-corrected chi connectivity index (χ2v) is 19.4. The maximum atomic E-state index is 5.48. The van der Waals surface area contributed by atoms with E-state index in [9.17, 15) is 0 Å². The fourth-order valence-electron chi connectivity index (χ4n) is 8.66. The SMILES string of the molecule is CC(C)(C)c1cc2c3nc4nc(nc5c6ccccc6c(nc6nc(nc([nH]3)c2c(C(C)(C)C)c1C(C)(C)C)-c1ccccc1-6)n5C(C)(C)C)-c1ccccc1-4. The second-order valence-electron chi connectivity index (χ2n) is 19.4. The highest BCUT2D eigenvalue weighted by molar-refractivity contribution is 6.09. The average Bonchev–Trinajstić information content (AvgIpc) is 3.84. The molecule has 0 saturated heterocycles. The van der Waals surface area contributed by atoms with Gasteiger partial charge in [0.25, 0.3) is 0 Å². The van der Waals surface area contributed by atoms with Gasteiger partial charge in [0, 0.05) is 49.3 Å². The van der Waals surface area contributed by atoms with Crippen LogP contribution in [0.2, 0.25) is 0 Å². The van der Waals surface area contributed by atoms with Crippen molar-refractivity contribution in [3.05, 3.63) is 95.6 Å². The molecule has 2 aliphatic heterocycles. The van der Waals surface area contributed by atoms with E-state index in [4.69, 9.17) is 29.9 Å². The Bertz CT molecular complexity index is 2950. The number of hydrogen-bond acceptors (Lipinski definition) is 6. The summed E-state index contributed by atoms with van der Waals surface area (Å²) in [5.41, 5.74) is 9.77. The minimum atomic E-state index is -0.386. The third-order valence-corrected chi connectivity index (χ3v) is 11.0. The molecule has 0 atom stereocenters. The first-order chi connectivity index (χ1) is 26.3. The molecule has 0 aliphatic carbocycles. The third-order valence-electron chi connectivity index (χ3n) is 11.0. The number of aromatic nitrogens is 8. The number of H-pyrrole nitrogens is 1. The Morgan fingerprint density at radius 2 is 0.839 bits per heavy atom. The van der Waals surface area contributed by atoms with Crippen molar-refractivity contribution in [3.63, 3.8) is 0 Å². The molecule has 0 amide bonds. The van der Waals surface area contributed by atoms with Crippen LogP contribution in [0.4, 0.5) is 0 Å². The maximum Gasteiger partial charge on any atom is 0.164 e. The Hall–Kier alpha value is -5.76. The normalized spacial score (nSPS) is 13.4. The number of hydrogen-bond donors (Lipinski definition) is 1. The highest BCUT2D eigenvalue weighted by Crippen LogP contribution is 2.47. The van der Waals surface area contributed by atoms with Crippen molar-refractivity contribution in [2.45, 2.75) is 105 Å². The van der Waals surface area contributed by atoms with Crippen molar-refractivity contribution < 1.29 is 0 Å². The summed E-state index contributed by atoms with van der Waals surface area (Å²) < 4.78 is 2.23. The minimum Gasteiger partial charge on any atom is -0.324 e. The first-order valence-electron chi connectivity index (χ1n) is 19.7. The molecule has 3 aromatic heterocycles. The van der Waals surface area contributed by atoms with E-state index in [0.717, 1.165) is 60.7 Å². The Morgan fingerprint density at radius 1 is 0.429 bits per heavy atom. The predicted molar refractivity (Wildman–Crippen MR) is 231 cm³/mol. The lowest BCUT2D eigenvalue weighted by Gasteiger charge is -2.37. The predicted octanol–water partition coefficient (Wildman–Crippen LogP) is 12.0. The Balaban J connectivity index is 1.59. The molecule has 56 heavy (non-hydrogen) atoms. The quantitative estimate of drug-likeness (QED) is 0.166. The van der Waals surface area contributed by atoms with Crippen molar-refractivity contribution in [1.82, 2.24) is 39.5 Å². The highest BCUT2D eigenvalue weighted by Gasteiger charge is 2.35. The van der Waals surface area contributed by atoms with Gasteiger partial charge in [0.05, 0.1) is 0 Å². The lowest BCUT2D eigenvalue weighted by atomic mass is 9.67. The molecule has 2 aliphatic rings. The van der Waals surface area contributed by atoms with Gasteiger partial charge >= 0.3 is 0 Å². The first kappa shape index (κ1) is 35.9. The van der Waals surface area contributed by atoms with Gasteiger partial charge in [-0.3, -0.25) is 0 Å². The first-order valence-corrected chi connectivity index (χ1v) is 19.7. The van der Waals surface area contributed by atoms with Crippen molar-refractivity contribution in [2.75, 3.05) is 0 Å². The standard InChI is InChI=1S/C48H50N8/c1-45(2,3)33-25-32-34(36(47(7,8)9)35(33)46(4,5)6)42-52-38-27-20-14-16-22-29(27)40(50-38)55-44-31-24-18-17-23-30(31)43(56(44)48(10,11)12)54-39-28-21-15-13-19-26(28)37(49-39)51-41(32)53-42/h13-25H,1-12H3,(H,49,50,51,52,53,54,55). The largest absolute Gasteiger partial charge is 0.324 e. The zero-order chi connectivity index (χ0) is 39.7. The number of aromatic amines is 1. The van der Waals surface area contributed by atoms with Crippen LogP contribution in [-0.4, -0.2) is 39.5 Å². The number of nitrogens with zero attached hydrogens (tertiary/aromatic N) is 7. The molecule has 5 heterocycles. The van der Waals surface area contributed by atoms with Crippen molar-refractivity contribution >= 4 is 44.1 Å². The van der Waals surface area contributed by atoms with Crippen LogP contribution in [0.15, 0.2) is 78.9 Å². The lowest BCUT2D eigenvalue weighted by Crippen LogP contribution is -2.28. The second kappa shape index (κ2) is 11.9. The zero-order valence-corrected chi connectivity index (χ0v) is 34.6. The molecule has 7 aromatic rings. The van der Waals surface area contributed by atoms with Crippen LogP contribution in [-0.2, 0) is 21.8 Å². The Morgan fingerprint density at radius 3 is 1.25 bits per heavy atom. The number of fused-ring (bicyclic) bond motifs is 20. The molecule has 8 bridgehead atoms. The lowest BCUT2D eigenvalue weighted by molar-refractivity contribution is 0.419. The van der Waals surface area contributed by atoms with Crippen molar-refractivity contribution in [3.8, 4) is 45.6 Å². The summed E-state index contributed by atoms with van der Waals surface area (Å²) in [7, 11) is 0. The van der Waals surface area contributed by atoms with Crippen LogP contribution in [0.5, 0.6) is 0 Å². The summed E-state index contributed by atoms with van der Waals surface area (Å²) in [6, 6.07) is 27.3. The van der Waals surface area contributed by atoms with Crippen molar-refractivity contribution in [1.29, 1.82) is 0 Å². The van der Waals surface area contributed by atoms with Crippen molar-refractivity contribution in [2.24, 2.45) is 0 Å². The molecule has 4 aromatic carbocycles. The maximum absolute atomic E-state index is 5.48. The highest BCUT2D eigenvalue weighted by atomic mass is 15.2. The summed E-state index contributed by atoms with van der Waals surface area (Å²) in [6.07, 6.45) is 0. The zero-order valence-electron chi connectivity index (χ0n) is 34.6. The van der Waals surface area contributed by atoms with Gasteiger partial charge in [0.15, 0.2) is 23.3 Å². The van der Waals surface area contributed by atoms with E-state index in [-0.39, 0.29) is 21.8 Å². The molecule has 0 radical (unpaired) electrons. The van der Waals surface area contributed by atoms with Gasteiger partial charge in [-0.15, -0.1) is 0 Å². The molecule has 0 unspecified atom stereocenters. The van der Waals surface area contributed by atoms with Crippen LogP contribution >= 0.6 is 0 Å². The molecule has 0 spiro atoms. The van der Waals surface area contributed by atoms with Gasteiger partial charge in [-0.2, -0.15) is 0 Å². The molecule has 9 rings (SSSR count). The molecule has 0 saturated carbocycles. The van der Waals surface area contributed by atoms with Gasteiger partial charge in [0.2, 0.25) is 0 Å². The summed E-state index contributed by atoms with van der Waals surface area (Å²) in [5.74, 6) is 2.46. The van der Waals surface area contributed by atoms with Crippen LogP contribution in [0.3, 0.4) is 0 Å². The smallest absolute Gasteiger partial charge is 0.164 e. The van der Waals surface area contributed by atoms with Crippen LogP contribution in [0.25, 0.3) is 89.7 Å². The van der Waals surface area contributed by atoms with E-state index >= 15 is 0 Å². The molecular weight excluding hydrogens is 689 g/mol. The van der Waals surface area contributed by atoms with E-state index in [1.807, 2.05) is 24.3 Å². The fraction of sp³-hybridized carbons (Fsp3) is 0.333. The van der Waals surface area contributed by atoms with Crippen LogP contribution in [0.1, 0.15) is 99.8 Å². The number of rotatable bonds is 0. The summed E-state index contributed by atoms with van der Waals surface area (Å²) in [4.78, 5) is 36.0. The summed E-state index contributed by atoms with van der Waals surface area (Å²) in [5, 5.41) is 4.06. The summed E-state index contributed by atoms with van der Waals surface area (Å²) >= 11 is 0. The third kappa shape index (κ3) is 5.55. The van der Waals surface area contributed by atoms with Gasteiger partial charge in [0.1, 0.15) is 22.6 Å². The summed E-state index contributed by atoms with van der Waals surface area (Å²) in [6.45, 7) is 27.4. The van der Waals surface area contributed by atoms with E-state index in [2.05, 4.69) is 147 Å². The molecule has 8 heteroatoms. The average molecular weight is 739 g/mol. The Kier molecular flexibility index (Phi) is 7.61. The van der Waals surface area contributed by atoms with Gasteiger partial charge in [-0.1, -0.05) is 135 Å². The fourth-order valence-corrected chi connectivity index (χ4v) is 8.66. The van der Waals surface area contributed by atoms with Gasteiger partial charge in [-0.25, -0.2) is 29.9 Å². The van der Waals surface area contributed by atoms with Crippen LogP contribution in [0, 0.1) is 0 Å². The van der Waals surface area contributed by atoms with E-state index in [0.29, 0.717) is 28.9 Å². The van der Waals surface area contributed by atoms with E-state index in [1.165, 1.54) is 16.7 Å². The van der Waals surface area contributed by atoms with Crippen LogP contribution < -0.4 is 0 Å². The monoisotopic (exact) mass is 738 g/mol. The topological polar surface area (TPSA) is 98.1 Å². The van der Waals surface area contributed by atoms with E-state index < -0.39 is 0 Å². The number of nitrogens with one attached hydrogen (secondary N) is 1. The molecule has 1 N–H and O–H groups in total. The molecule has 282 valence electrons.